The predicted molar refractivity (Wildman–Crippen MR) is 64.6 cm³/mol. The molecule has 1 rings (SSSR count). The SMILES string of the molecule is O=CNC(CCSC1CCCCC1)C(=O)O. The molecular weight excluding hydrogens is 226 g/mol. The Morgan fingerprint density at radius 3 is 2.69 bits per heavy atom. The van der Waals surface area contributed by atoms with Gasteiger partial charge in [0.05, 0.1) is 0 Å². The molecule has 16 heavy (non-hydrogen) atoms. The Balaban J connectivity index is 2.16. The molecule has 0 bridgehead atoms. The highest BCUT2D eigenvalue weighted by atomic mass is 32.2. The zero-order chi connectivity index (χ0) is 11.8. The van der Waals surface area contributed by atoms with Crippen LogP contribution in [0.2, 0.25) is 0 Å². The van der Waals surface area contributed by atoms with E-state index in [9.17, 15) is 9.59 Å². The maximum atomic E-state index is 10.7. The number of carboxylic acids is 1. The minimum Gasteiger partial charge on any atom is -0.480 e. The Kier molecular flexibility index (Phi) is 6.30. The summed E-state index contributed by atoms with van der Waals surface area (Å²) in [5.74, 6) is -0.140. The lowest BCUT2D eigenvalue weighted by Crippen LogP contribution is -2.36. The molecular formula is C11H19NO3S. The van der Waals surface area contributed by atoms with Crippen molar-refractivity contribution in [2.75, 3.05) is 5.75 Å². The van der Waals surface area contributed by atoms with Crippen molar-refractivity contribution in [3.63, 3.8) is 0 Å². The number of thioether (sulfide) groups is 1. The average Bonchev–Trinajstić information content (AvgIpc) is 2.29. The van der Waals surface area contributed by atoms with Gasteiger partial charge in [0.25, 0.3) is 0 Å². The highest BCUT2D eigenvalue weighted by Crippen LogP contribution is 2.28. The summed E-state index contributed by atoms with van der Waals surface area (Å²) in [6, 6.07) is -0.728. The summed E-state index contributed by atoms with van der Waals surface area (Å²) in [6.45, 7) is 0. The fourth-order valence-electron chi connectivity index (χ4n) is 1.94. The molecule has 0 radical (unpaired) electrons. The zero-order valence-electron chi connectivity index (χ0n) is 9.35. The number of carbonyl (C=O) groups is 2. The molecule has 0 saturated heterocycles. The van der Waals surface area contributed by atoms with Gasteiger partial charge in [0, 0.05) is 5.25 Å². The van der Waals surface area contributed by atoms with Crippen LogP contribution in [0.3, 0.4) is 0 Å². The van der Waals surface area contributed by atoms with Gasteiger partial charge in [-0.3, -0.25) is 4.79 Å². The van der Waals surface area contributed by atoms with Crippen molar-refractivity contribution in [3.05, 3.63) is 0 Å². The Hall–Kier alpha value is -0.710. The molecule has 2 N–H and O–H groups in total. The maximum absolute atomic E-state index is 10.7. The lowest BCUT2D eigenvalue weighted by atomic mass is 10.0. The first-order valence-corrected chi connectivity index (χ1v) is 6.83. The van der Waals surface area contributed by atoms with E-state index in [2.05, 4.69) is 5.32 Å². The van der Waals surface area contributed by atoms with Crippen molar-refractivity contribution >= 4 is 24.1 Å². The van der Waals surface area contributed by atoms with Crippen LogP contribution in [0.1, 0.15) is 38.5 Å². The van der Waals surface area contributed by atoms with Gasteiger partial charge in [-0.15, -0.1) is 0 Å². The molecule has 4 nitrogen and oxygen atoms in total. The molecule has 0 spiro atoms. The summed E-state index contributed by atoms with van der Waals surface area (Å²) >= 11 is 1.85. The molecule has 1 aliphatic carbocycles. The number of hydrogen-bond donors (Lipinski definition) is 2. The van der Waals surface area contributed by atoms with E-state index in [1.54, 1.807) is 0 Å². The van der Waals surface area contributed by atoms with E-state index in [1.807, 2.05) is 11.8 Å². The molecule has 1 unspecified atom stereocenters. The molecule has 1 aliphatic rings. The lowest BCUT2D eigenvalue weighted by Gasteiger charge is -2.21. The van der Waals surface area contributed by atoms with Crippen molar-refractivity contribution in [2.24, 2.45) is 0 Å². The van der Waals surface area contributed by atoms with E-state index in [-0.39, 0.29) is 0 Å². The summed E-state index contributed by atoms with van der Waals surface area (Å²) in [5, 5.41) is 11.8. The normalized spacial score (nSPS) is 19.0. The number of hydrogen-bond acceptors (Lipinski definition) is 3. The summed E-state index contributed by atoms with van der Waals surface area (Å²) < 4.78 is 0. The second kappa shape index (κ2) is 7.54. The Morgan fingerprint density at radius 2 is 2.12 bits per heavy atom. The molecule has 0 aromatic heterocycles. The Bertz CT molecular complexity index is 229. The molecule has 1 atom stereocenters. The first-order valence-electron chi connectivity index (χ1n) is 5.78. The van der Waals surface area contributed by atoms with Crippen LogP contribution in [0.4, 0.5) is 0 Å². The summed E-state index contributed by atoms with van der Waals surface area (Å²) in [7, 11) is 0. The predicted octanol–water partition coefficient (Wildman–Crippen LogP) is 1.64. The van der Waals surface area contributed by atoms with Gasteiger partial charge in [-0.1, -0.05) is 19.3 Å². The molecule has 0 aromatic rings. The topological polar surface area (TPSA) is 66.4 Å². The van der Waals surface area contributed by atoms with Crippen molar-refractivity contribution in [1.29, 1.82) is 0 Å². The zero-order valence-corrected chi connectivity index (χ0v) is 10.2. The van der Waals surface area contributed by atoms with Crippen LogP contribution in [-0.4, -0.2) is 34.5 Å². The highest BCUT2D eigenvalue weighted by molar-refractivity contribution is 7.99. The Morgan fingerprint density at radius 1 is 1.44 bits per heavy atom. The minimum absolute atomic E-state index is 0.462. The van der Waals surface area contributed by atoms with E-state index in [0.29, 0.717) is 18.1 Å². The van der Waals surface area contributed by atoms with E-state index in [0.717, 1.165) is 5.75 Å². The third kappa shape index (κ3) is 4.88. The summed E-state index contributed by atoms with van der Waals surface area (Å²) in [5.41, 5.74) is 0. The van der Waals surface area contributed by atoms with Crippen LogP contribution in [0.15, 0.2) is 0 Å². The van der Waals surface area contributed by atoms with Crippen molar-refractivity contribution in [1.82, 2.24) is 5.32 Å². The molecule has 5 heteroatoms. The van der Waals surface area contributed by atoms with Gasteiger partial charge in [0.15, 0.2) is 0 Å². The second-order valence-corrected chi connectivity index (χ2v) is 5.50. The smallest absolute Gasteiger partial charge is 0.326 e. The van der Waals surface area contributed by atoms with Gasteiger partial charge < -0.3 is 10.4 Å². The average molecular weight is 245 g/mol. The van der Waals surface area contributed by atoms with Gasteiger partial charge in [0.1, 0.15) is 6.04 Å². The van der Waals surface area contributed by atoms with E-state index < -0.39 is 12.0 Å². The fraction of sp³-hybridized carbons (Fsp3) is 0.818. The number of carbonyl (C=O) groups excluding carboxylic acids is 1. The van der Waals surface area contributed by atoms with Crippen LogP contribution in [0.5, 0.6) is 0 Å². The third-order valence-corrected chi connectivity index (χ3v) is 4.29. The van der Waals surface area contributed by atoms with Gasteiger partial charge in [-0.25, -0.2) is 4.79 Å². The second-order valence-electron chi connectivity index (χ2n) is 4.09. The van der Waals surface area contributed by atoms with Gasteiger partial charge in [-0.2, -0.15) is 11.8 Å². The van der Waals surface area contributed by atoms with Crippen LogP contribution in [0, 0.1) is 0 Å². The molecule has 1 fully saturated rings. The first kappa shape index (κ1) is 13.4. The van der Waals surface area contributed by atoms with Crippen LogP contribution >= 0.6 is 11.8 Å². The molecule has 0 aromatic carbocycles. The summed E-state index contributed by atoms with van der Waals surface area (Å²) in [6.07, 6.45) is 7.41. The Labute approximate surface area is 100 Å². The molecule has 92 valence electrons. The van der Waals surface area contributed by atoms with E-state index in [1.165, 1.54) is 32.1 Å². The number of nitrogens with one attached hydrogen (secondary N) is 1. The number of rotatable bonds is 7. The quantitative estimate of drug-likeness (QED) is 0.669. The maximum Gasteiger partial charge on any atom is 0.326 e. The fourth-order valence-corrected chi connectivity index (χ4v) is 3.32. The number of carboxylic acid groups (broad SMARTS) is 1. The van der Waals surface area contributed by atoms with Gasteiger partial charge in [0.2, 0.25) is 6.41 Å². The molecule has 1 saturated carbocycles. The van der Waals surface area contributed by atoms with Crippen molar-refractivity contribution in [3.8, 4) is 0 Å². The van der Waals surface area contributed by atoms with Crippen molar-refractivity contribution < 1.29 is 14.7 Å². The van der Waals surface area contributed by atoms with Crippen LogP contribution in [0.25, 0.3) is 0 Å². The van der Waals surface area contributed by atoms with Crippen LogP contribution < -0.4 is 5.32 Å². The van der Waals surface area contributed by atoms with Crippen LogP contribution in [-0.2, 0) is 9.59 Å². The number of amides is 1. The number of aliphatic carboxylic acids is 1. The van der Waals surface area contributed by atoms with E-state index >= 15 is 0 Å². The standard InChI is InChI=1S/C11H19NO3S/c13-8-12-10(11(14)15)6-7-16-9-4-2-1-3-5-9/h8-10H,1-7H2,(H,12,13)(H,14,15). The van der Waals surface area contributed by atoms with Gasteiger partial charge >= 0.3 is 5.97 Å². The van der Waals surface area contributed by atoms with Crippen molar-refractivity contribution in [2.45, 2.75) is 49.8 Å². The molecule has 1 amide bonds. The largest absolute Gasteiger partial charge is 0.480 e. The third-order valence-electron chi connectivity index (χ3n) is 2.88. The van der Waals surface area contributed by atoms with E-state index in [4.69, 9.17) is 5.11 Å². The highest BCUT2D eigenvalue weighted by Gasteiger charge is 2.18. The van der Waals surface area contributed by atoms with Gasteiger partial charge in [-0.05, 0) is 25.0 Å². The molecule has 0 heterocycles. The summed E-state index contributed by atoms with van der Waals surface area (Å²) in [4.78, 5) is 20.9. The first-order chi connectivity index (χ1) is 7.74. The lowest BCUT2D eigenvalue weighted by molar-refractivity contribution is -0.140. The monoisotopic (exact) mass is 245 g/mol. The molecule has 0 aliphatic heterocycles. The minimum atomic E-state index is -0.948.